The zero-order valence-electron chi connectivity index (χ0n) is 13.4. The Balaban J connectivity index is 2.21. The van der Waals surface area contributed by atoms with Crippen molar-refractivity contribution in [3.8, 4) is 0 Å². The van der Waals surface area contributed by atoms with E-state index in [1.165, 1.54) is 7.11 Å². The molecular formula is C16H19N5O2. The van der Waals surface area contributed by atoms with Gasteiger partial charge in [-0.15, -0.1) is 0 Å². The number of fused-ring (bicyclic) bond motifs is 1. The quantitative estimate of drug-likeness (QED) is 0.667. The van der Waals surface area contributed by atoms with E-state index < -0.39 is 0 Å². The lowest BCUT2D eigenvalue weighted by Gasteiger charge is -2.20. The van der Waals surface area contributed by atoms with E-state index in [2.05, 4.69) is 15.6 Å². The minimum absolute atomic E-state index is 0.0280. The van der Waals surface area contributed by atoms with Crippen molar-refractivity contribution in [3.05, 3.63) is 35.2 Å². The molecule has 1 aliphatic heterocycles. The van der Waals surface area contributed by atoms with Gasteiger partial charge in [0.05, 0.1) is 24.0 Å². The maximum atomic E-state index is 11.5. The largest absolute Gasteiger partial charge is 0.480 e. The molecular weight excluding hydrogens is 294 g/mol. The summed E-state index contributed by atoms with van der Waals surface area (Å²) in [4.78, 5) is 11.5. The molecule has 3 rings (SSSR count). The molecule has 0 saturated heterocycles. The lowest BCUT2D eigenvalue weighted by Crippen LogP contribution is -2.32. The average molecular weight is 313 g/mol. The molecule has 0 bridgehead atoms. The molecule has 1 unspecified atom stereocenters. The number of rotatable bonds is 3. The van der Waals surface area contributed by atoms with Crippen LogP contribution in [0.1, 0.15) is 37.2 Å². The number of amides is 1. The maximum absolute atomic E-state index is 11.5. The number of aromatic nitrogens is 2. The number of hydrogen-bond acceptors (Lipinski definition) is 5. The summed E-state index contributed by atoms with van der Waals surface area (Å²) in [5.74, 6) is 0.0114. The van der Waals surface area contributed by atoms with Gasteiger partial charge in [-0.3, -0.25) is 10.2 Å². The third kappa shape index (κ3) is 2.58. The third-order valence-corrected chi connectivity index (χ3v) is 4.01. The number of hydrazone groups is 1. The molecule has 3 heterocycles. The van der Waals surface area contributed by atoms with Gasteiger partial charge in [-0.25, -0.2) is 9.94 Å². The molecule has 0 saturated carbocycles. The Hall–Kier alpha value is -2.70. The minimum Gasteiger partial charge on any atom is -0.480 e. The van der Waals surface area contributed by atoms with E-state index in [1.54, 1.807) is 10.6 Å². The molecule has 0 aliphatic carbocycles. The average Bonchev–Trinajstić information content (AvgIpc) is 2.98. The van der Waals surface area contributed by atoms with Gasteiger partial charge in [0.2, 0.25) is 11.8 Å². The molecule has 7 heteroatoms. The first-order valence-corrected chi connectivity index (χ1v) is 7.56. The van der Waals surface area contributed by atoms with Crippen molar-refractivity contribution >= 4 is 23.0 Å². The standard InChI is InChI=1S/C16H19N5O2/c1-4-10-8-13-11(15-9(2)7-14(22)18-19-15)5-6-12(16(17)23-3)21(13)20-10/h5-6,8-9,17H,4,7H2,1-3H3,(H,18,22). The van der Waals surface area contributed by atoms with E-state index in [1.807, 2.05) is 26.0 Å². The van der Waals surface area contributed by atoms with Gasteiger partial charge in [0.25, 0.3) is 0 Å². The Morgan fingerprint density at radius 2 is 2.30 bits per heavy atom. The molecule has 120 valence electrons. The number of pyridine rings is 1. The molecule has 1 amide bonds. The fourth-order valence-corrected chi connectivity index (χ4v) is 2.77. The SMILES string of the molecule is CCc1cc2c(C3=NNC(=O)CC3C)ccc(C(=N)OC)n2n1. The molecule has 2 aromatic heterocycles. The van der Waals surface area contributed by atoms with Crippen LogP contribution in [0.25, 0.3) is 5.52 Å². The lowest BCUT2D eigenvalue weighted by molar-refractivity contribution is -0.121. The number of carbonyl (C=O) groups excluding carboxylic acids is 1. The molecule has 0 spiro atoms. The molecule has 0 fully saturated rings. The molecule has 7 nitrogen and oxygen atoms in total. The fourth-order valence-electron chi connectivity index (χ4n) is 2.77. The van der Waals surface area contributed by atoms with Crippen LogP contribution in [0.4, 0.5) is 0 Å². The van der Waals surface area contributed by atoms with Crippen molar-refractivity contribution in [2.75, 3.05) is 7.11 Å². The van der Waals surface area contributed by atoms with Crippen LogP contribution in [0.3, 0.4) is 0 Å². The van der Waals surface area contributed by atoms with Crippen LogP contribution < -0.4 is 5.43 Å². The zero-order chi connectivity index (χ0) is 16.6. The molecule has 0 radical (unpaired) electrons. The maximum Gasteiger partial charge on any atom is 0.240 e. The number of hydrogen-bond donors (Lipinski definition) is 2. The summed E-state index contributed by atoms with van der Waals surface area (Å²) in [5.41, 5.74) is 6.66. The van der Waals surface area contributed by atoms with Gasteiger partial charge in [0, 0.05) is 17.9 Å². The first-order valence-electron chi connectivity index (χ1n) is 7.56. The van der Waals surface area contributed by atoms with Gasteiger partial charge >= 0.3 is 0 Å². The van der Waals surface area contributed by atoms with Crippen molar-refractivity contribution in [1.82, 2.24) is 15.0 Å². The number of methoxy groups -OCH3 is 1. The van der Waals surface area contributed by atoms with Crippen molar-refractivity contribution in [2.45, 2.75) is 26.7 Å². The van der Waals surface area contributed by atoms with Crippen LogP contribution in [-0.4, -0.2) is 34.2 Å². The second kappa shape index (κ2) is 5.83. The highest BCUT2D eigenvalue weighted by atomic mass is 16.5. The van der Waals surface area contributed by atoms with Crippen LogP contribution in [0, 0.1) is 11.3 Å². The molecule has 2 N–H and O–H groups in total. The van der Waals surface area contributed by atoms with Gasteiger partial charge in [-0.2, -0.15) is 10.2 Å². The van der Waals surface area contributed by atoms with Gasteiger partial charge in [-0.1, -0.05) is 13.8 Å². The van der Waals surface area contributed by atoms with Crippen LogP contribution in [0.15, 0.2) is 23.3 Å². The van der Waals surface area contributed by atoms with Crippen molar-refractivity contribution in [2.24, 2.45) is 11.0 Å². The predicted octanol–water partition coefficient (Wildman–Crippen LogP) is 1.73. The smallest absolute Gasteiger partial charge is 0.240 e. The third-order valence-electron chi connectivity index (χ3n) is 4.01. The molecule has 1 atom stereocenters. The van der Waals surface area contributed by atoms with Gasteiger partial charge < -0.3 is 4.74 Å². The first kappa shape index (κ1) is 15.2. The number of carbonyl (C=O) groups is 1. The van der Waals surface area contributed by atoms with E-state index in [0.717, 1.165) is 28.9 Å². The van der Waals surface area contributed by atoms with Gasteiger partial charge in [0.1, 0.15) is 5.69 Å². The summed E-state index contributed by atoms with van der Waals surface area (Å²) in [5, 5.41) is 16.7. The fraction of sp³-hybridized carbons (Fsp3) is 0.375. The number of aryl methyl sites for hydroxylation is 1. The molecule has 23 heavy (non-hydrogen) atoms. The summed E-state index contributed by atoms with van der Waals surface area (Å²) in [6.45, 7) is 4.01. The summed E-state index contributed by atoms with van der Waals surface area (Å²) < 4.78 is 6.76. The van der Waals surface area contributed by atoms with Crippen molar-refractivity contribution in [1.29, 1.82) is 5.41 Å². The number of nitrogens with one attached hydrogen (secondary N) is 2. The second-order valence-corrected chi connectivity index (χ2v) is 5.59. The van der Waals surface area contributed by atoms with E-state index in [9.17, 15) is 4.79 Å². The highest BCUT2D eigenvalue weighted by molar-refractivity contribution is 6.10. The Morgan fingerprint density at radius 3 is 2.96 bits per heavy atom. The molecule has 2 aromatic rings. The molecule has 0 aromatic carbocycles. The predicted molar refractivity (Wildman–Crippen MR) is 86.9 cm³/mol. The van der Waals surface area contributed by atoms with E-state index in [-0.39, 0.29) is 17.7 Å². The summed E-state index contributed by atoms with van der Waals surface area (Å²) in [6, 6.07) is 5.70. The number of nitrogens with zero attached hydrogens (tertiary/aromatic N) is 3. The topological polar surface area (TPSA) is 91.8 Å². The minimum atomic E-state index is -0.0715. The van der Waals surface area contributed by atoms with E-state index >= 15 is 0 Å². The summed E-state index contributed by atoms with van der Waals surface area (Å²) in [7, 11) is 1.47. The van der Waals surface area contributed by atoms with Gasteiger partial charge in [-0.05, 0) is 24.6 Å². The number of ether oxygens (including phenoxy) is 1. The highest BCUT2D eigenvalue weighted by Gasteiger charge is 2.24. The van der Waals surface area contributed by atoms with E-state index in [4.69, 9.17) is 10.1 Å². The van der Waals surface area contributed by atoms with Crippen molar-refractivity contribution < 1.29 is 9.53 Å². The van der Waals surface area contributed by atoms with Crippen LogP contribution in [-0.2, 0) is 16.0 Å². The zero-order valence-corrected chi connectivity index (χ0v) is 13.4. The Labute approximate surface area is 133 Å². The van der Waals surface area contributed by atoms with Crippen LogP contribution in [0.2, 0.25) is 0 Å². The molecule has 1 aliphatic rings. The van der Waals surface area contributed by atoms with Crippen LogP contribution >= 0.6 is 0 Å². The first-order chi connectivity index (χ1) is 11.0. The Bertz CT molecular complexity index is 821. The normalized spacial score (nSPS) is 17.8. The van der Waals surface area contributed by atoms with Gasteiger partial charge in [0.15, 0.2) is 0 Å². The van der Waals surface area contributed by atoms with E-state index in [0.29, 0.717) is 12.1 Å². The summed E-state index contributed by atoms with van der Waals surface area (Å²) in [6.07, 6.45) is 1.20. The monoisotopic (exact) mass is 313 g/mol. The Morgan fingerprint density at radius 1 is 1.52 bits per heavy atom. The van der Waals surface area contributed by atoms with Crippen LogP contribution in [0.5, 0.6) is 0 Å². The highest BCUT2D eigenvalue weighted by Crippen LogP contribution is 2.23. The summed E-state index contributed by atoms with van der Waals surface area (Å²) >= 11 is 0. The Kier molecular flexibility index (Phi) is 3.85. The second-order valence-electron chi connectivity index (χ2n) is 5.59. The van der Waals surface area contributed by atoms with Crippen molar-refractivity contribution in [3.63, 3.8) is 0 Å². The lowest BCUT2D eigenvalue weighted by atomic mass is 9.93.